The molecule has 3 atom stereocenters. The number of hydrogen-bond donors (Lipinski definition) is 2. The van der Waals surface area contributed by atoms with Crippen LogP contribution >= 0.6 is 11.6 Å². The van der Waals surface area contributed by atoms with Gasteiger partial charge in [0.1, 0.15) is 6.54 Å². The zero-order valence-corrected chi connectivity index (χ0v) is 15.8. The van der Waals surface area contributed by atoms with Crippen LogP contribution in [0.4, 0.5) is 0 Å². The highest BCUT2D eigenvalue weighted by atomic mass is 35.5. The fourth-order valence-corrected chi connectivity index (χ4v) is 3.21. The molecule has 26 heavy (non-hydrogen) atoms. The van der Waals surface area contributed by atoms with Crippen molar-refractivity contribution in [1.82, 2.24) is 10.6 Å². The van der Waals surface area contributed by atoms with E-state index in [4.69, 9.17) is 16.3 Å². The second kappa shape index (κ2) is 9.57. The highest BCUT2D eigenvalue weighted by Gasteiger charge is 2.28. The zero-order valence-electron chi connectivity index (χ0n) is 15.1. The third-order valence-corrected chi connectivity index (χ3v) is 5.17. The second-order valence-corrected chi connectivity index (χ2v) is 7.23. The van der Waals surface area contributed by atoms with Crippen LogP contribution in [0, 0.1) is 11.8 Å². The summed E-state index contributed by atoms with van der Waals surface area (Å²) in [6.45, 7) is 3.68. The summed E-state index contributed by atoms with van der Waals surface area (Å²) in [6, 6.07) is 6.42. The van der Waals surface area contributed by atoms with Crippen molar-refractivity contribution in [2.45, 2.75) is 39.2 Å². The quantitative estimate of drug-likeness (QED) is 0.743. The first-order chi connectivity index (χ1) is 12.4. The number of amides is 2. The van der Waals surface area contributed by atoms with Gasteiger partial charge in [0.15, 0.2) is 6.61 Å². The maximum absolute atomic E-state index is 12.0. The Labute approximate surface area is 158 Å². The number of rotatable bonds is 6. The average Bonchev–Trinajstić information content (AvgIpc) is 2.62. The summed E-state index contributed by atoms with van der Waals surface area (Å²) >= 11 is 5.76. The van der Waals surface area contributed by atoms with Crippen LogP contribution in [-0.2, 0) is 14.3 Å². The van der Waals surface area contributed by atoms with Crippen molar-refractivity contribution in [3.05, 3.63) is 34.9 Å². The molecule has 142 valence electrons. The van der Waals surface area contributed by atoms with Gasteiger partial charge in [-0.3, -0.25) is 14.4 Å². The average molecular weight is 381 g/mol. The van der Waals surface area contributed by atoms with E-state index in [-0.39, 0.29) is 25.1 Å². The van der Waals surface area contributed by atoms with Crippen LogP contribution in [0.3, 0.4) is 0 Å². The summed E-state index contributed by atoms with van der Waals surface area (Å²) in [5, 5.41) is 5.90. The summed E-state index contributed by atoms with van der Waals surface area (Å²) in [7, 11) is 0. The third-order valence-electron chi connectivity index (χ3n) is 4.92. The van der Waals surface area contributed by atoms with E-state index in [1.165, 1.54) is 6.42 Å². The number of halogens is 1. The standard InChI is InChI=1S/C19H25ClN2O4/c1-12-4-3-5-16(13(12)2)22-17(23)11-26-18(24)10-21-19(25)14-6-8-15(20)9-7-14/h6-9,12-13,16H,3-5,10-11H2,1-2H3,(H,21,25)(H,22,23)/t12-,13-,16-/m1/s1. The highest BCUT2D eigenvalue weighted by molar-refractivity contribution is 6.30. The molecule has 0 aliphatic heterocycles. The van der Waals surface area contributed by atoms with E-state index in [0.717, 1.165) is 12.8 Å². The predicted molar refractivity (Wildman–Crippen MR) is 98.9 cm³/mol. The molecular weight excluding hydrogens is 356 g/mol. The summed E-state index contributed by atoms with van der Waals surface area (Å²) in [6.07, 6.45) is 3.21. The molecule has 2 amide bonds. The first kappa shape index (κ1) is 20.2. The molecule has 7 heteroatoms. The van der Waals surface area contributed by atoms with Crippen LogP contribution < -0.4 is 10.6 Å². The van der Waals surface area contributed by atoms with E-state index >= 15 is 0 Å². The smallest absolute Gasteiger partial charge is 0.325 e. The van der Waals surface area contributed by atoms with Gasteiger partial charge in [-0.05, 0) is 42.5 Å². The lowest BCUT2D eigenvalue weighted by molar-refractivity contribution is -0.147. The van der Waals surface area contributed by atoms with Crippen molar-refractivity contribution >= 4 is 29.4 Å². The van der Waals surface area contributed by atoms with E-state index in [1.54, 1.807) is 24.3 Å². The molecule has 1 aliphatic rings. The fraction of sp³-hybridized carbons (Fsp3) is 0.526. The number of hydrogen-bond acceptors (Lipinski definition) is 4. The molecule has 0 bridgehead atoms. The molecule has 1 saturated carbocycles. The molecule has 0 aromatic heterocycles. The van der Waals surface area contributed by atoms with Crippen LogP contribution in [0.2, 0.25) is 5.02 Å². The highest BCUT2D eigenvalue weighted by Crippen LogP contribution is 2.29. The van der Waals surface area contributed by atoms with Crippen LogP contribution in [0.5, 0.6) is 0 Å². The molecule has 0 radical (unpaired) electrons. The molecule has 0 heterocycles. The van der Waals surface area contributed by atoms with Gasteiger partial charge in [-0.1, -0.05) is 38.3 Å². The number of ether oxygens (including phenoxy) is 1. The van der Waals surface area contributed by atoms with Gasteiger partial charge in [0, 0.05) is 16.6 Å². The van der Waals surface area contributed by atoms with Gasteiger partial charge >= 0.3 is 5.97 Å². The van der Waals surface area contributed by atoms with E-state index < -0.39 is 11.9 Å². The van der Waals surface area contributed by atoms with E-state index in [2.05, 4.69) is 24.5 Å². The van der Waals surface area contributed by atoms with Gasteiger partial charge in [-0.2, -0.15) is 0 Å². The fourth-order valence-electron chi connectivity index (χ4n) is 3.09. The number of carbonyl (C=O) groups is 3. The molecule has 2 rings (SSSR count). The maximum atomic E-state index is 12.0. The maximum Gasteiger partial charge on any atom is 0.325 e. The summed E-state index contributed by atoms with van der Waals surface area (Å²) in [5.41, 5.74) is 0.389. The Bertz CT molecular complexity index is 647. The lowest BCUT2D eigenvalue weighted by Crippen LogP contribution is -2.45. The number of benzene rings is 1. The Morgan fingerprint density at radius 2 is 1.85 bits per heavy atom. The molecular formula is C19H25ClN2O4. The number of nitrogens with one attached hydrogen (secondary N) is 2. The second-order valence-electron chi connectivity index (χ2n) is 6.79. The van der Waals surface area contributed by atoms with Crippen LogP contribution in [-0.4, -0.2) is 37.0 Å². The van der Waals surface area contributed by atoms with Gasteiger partial charge < -0.3 is 15.4 Å². The molecule has 0 saturated heterocycles. The SMILES string of the molecule is C[C@@H]1[C@H](C)CCC[C@H]1NC(=O)COC(=O)CNC(=O)c1ccc(Cl)cc1. The van der Waals surface area contributed by atoms with Gasteiger partial charge in [0.2, 0.25) is 0 Å². The van der Waals surface area contributed by atoms with Crippen LogP contribution in [0.25, 0.3) is 0 Å². The first-order valence-electron chi connectivity index (χ1n) is 8.85. The Kier molecular flexibility index (Phi) is 7.45. The number of carbonyl (C=O) groups excluding carboxylic acids is 3. The topological polar surface area (TPSA) is 84.5 Å². The molecule has 0 unspecified atom stereocenters. The van der Waals surface area contributed by atoms with Crippen molar-refractivity contribution < 1.29 is 19.1 Å². The summed E-state index contributed by atoms with van der Waals surface area (Å²) < 4.78 is 4.93. The molecule has 1 aromatic carbocycles. The predicted octanol–water partition coefficient (Wildman–Crippen LogP) is 2.55. The van der Waals surface area contributed by atoms with Crippen molar-refractivity contribution in [2.75, 3.05) is 13.2 Å². The number of esters is 1. The third kappa shape index (κ3) is 6.02. The zero-order chi connectivity index (χ0) is 19.1. The minimum atomic E-state index is -0.660. The summed E-state index contributed by atoms with van der Waals surface area (Å²) in [5.74, 6) is -0.407. The Hall–Kier alpha value is -2.08. The largest absolute Gasteiger partial charge is 0.454 e. The van der Waals surface area contributed by atoms with Gasteiger partial charge in [0.25, 0.3) is 11.8 Å². The van der Waals surface area contributed by atoms with E-state index in [0.29, 0.717) is 22.4 Å². The lowest BCUT2D eigenvalue weighted by Gasteiger charge is -2.34. The first-order valence-corrected chi connectivity index (χ1v) is 9.23. The van der Waals surface area contributed by atoms with Crippen molar-refractivity contribution in [3.63, 3.8) is 0 Å². The van der Waals surface area contributed by atoms with Crippen LogP contribution in [0.1, 0.15) is 43.5 Å². The molecule has 1 fully saturated rings. The Balaban J connectivity index is 1.68. The van der Waals surface area contributed by atoms with E-state index in [9.17, 15) is 14.4 Å². The minimum Gasteiger partial charge on any atom is -0.454 e. The van der Waals surface area contributed by atoms with Gasteiger partial charge in [0.05, 0.1) is 0 Å². The lowest BCUT2D eigenvalue weighted by atomic mass is 9.78. The molecule has 0 spiro atoms. The van der Waals surface area contributed by atoms with Gasteiger partial charge in [-0.15, -0.1) is 0 Å². The summed E-state index contributed by atoms with van der Waals surface area (Å²) in [4.78, 5) is 35.6. The van der Waals surface area contributed by atoms with Crippen LogP contribution in [0.15, 0.2) is 24.3 Å². The van der Waals surface area contributed by atoms with Gasteiger partial charge in [-0.25, -0.2) is 0 Å². The molecule has 1 aliphatic carbocycles. The van der Waals surface area contributed by atoms with E-state index in [1.807, 2.05) is 0 Å². The minimum absolute atomic E-state index is 0.120. The monoisotopic (exact) mass is 380 g/mol. The Morgan fingerprint density at radius 1 is 1.15 bits per heavy atom. The molecule has 2 N–H and O–H groups in total. The Morgan fingerprint density at radius 3 is 2.54 bits per heavy atom. The van der Waals surface area contributed by atoms with Crippen molar-refractivity contribution in [3.8, 4) is 0 Å². The molecule has 6 nitrogen and oxygen atoms in total. The van der Waals surface area contributed by atoms with Crippen molar-refractivity contribution in [1.29, 1.82) is 0 Å². The molecule has 1 aromatic rings. The van der Waals surface area contributed by atoms with Crippen molar-refractivity contribution in [2.24, 2.45) is 11.8 Å². The normalized spacial score (nSPS) is 22.3.